The summed E-state index contributed by atoms with van der Waals surface area (Å²) in [5.74, 6) is 1.17. The number of aryl methyl sites for hydroxylation is 2. The van der Waals surface area contributed by atoms with E-state index >= 15 is 0 Å². The van der Waals surface area contributed by atoms with E-state index in [-0.39, 0.29) is 6.10 Å². The molecule has 5 heteroatoms. The Morgan fingerprint density at radius 1 is 1.47 bits per heavy atom. The minimum absolute atomic E-state index is 0.311. The smallest absolute Gasteiger partial charge is 0.0850 e. The van der Waals surface area contributed by atoms with Crippen molar-refractivity contribution in [2.45, 2.75) is 63.9 Å². The first kappa shape index (κ1) is 15.2. The van der Waals surface area contributed by atoms with Crippen LogP contribution in [0.1, 0.15) is 44.5 Å². The Morgan fingerprint density at radius 2 is 2.26 bits per heavy atom. The van der Waals surface area contributed by atoms with Crippen molar-refractivity contribution in [2.24, 2.45) is 0 Å². The molecule has 0 spiro atoms. The number of thioether (sulfide) groups is 1. The predicted octanol–water partition coefficient (Wildman–Crippen LogP) is 3.31. The van der Waals surface area contributed by atoms with Gasteiger partial charge in [0.1, 0.15) is 0 Å². The zero-order chi connectivity index (χ0) is 13.8. The van der Waals surface area contributed by atoms with Gasteiger partial charge in [-0.3, -0.25) is 4.68 Å². The van der Waals surface area contributed by atoms with Crippen LogP contribution in [0.25, 0.3) is 0 Å². The van der Waals surface area contributed by atoms with Gasteiger partial charge >= 0.3 is 0 Å². The lowest BCUT2D eigenvalue weighted by molar-refractivity contribution is 0.163. The van der Waals surface area contributed by atoms with Crippen molar-refractivity contribution in [1.29, 1.82) is 0 Å². The van der Waals surface area contributed by atoms with Gasteiger partial charge in [0.2, 0.25) is 0 Å². The van der Waals surface area contributed by atoms with E-state index in [1.165, 1.54) is 18.6 Å². The molecule has 1 saturated heterocycles. The van der Waals surface area contributed by atoms with Crippen molar-refractivity contribution in [3.63, 3.8) is 0 Å². The molecule has 0 aromatic carbocycles. The normalized spacial score (nSPS) is 21.6. The fraction of sp³-hybridized carbons (Fsp3) is 0.786. The monoisotopic (exact) mass is 302 g/mol. The van der Waals surface area contributed by atoms with Crippen molar-refractivity contribution in [1.82, 2.24) is 9.78 Å². The van der Waals surface area contributed by atoms with Crippen LogP contribution in [0.3, 0.4) is 0 Å². The average molecular weight is 303 g/mol. The number of aliphatic hydroxyl groups is 1. The van der Waals surface area contributed by atoms with E-state index in [0.29, 0.717) is 11.7 Å². The number of aromatic nitrogens is 2. The lowest BCUT2D eigenvalue weighted by Crippen LogP contribution is -2.29. The summed E-state index contributed by atoms with van der Waals surface area (Å²) in [5, 5.41) is 16.1. The van der Waals surface area contributed by atoms with Crippen molar-refractivity contribution >= 4 is 23.4 Å². The summed E-state index contributed by atoms with van der Waals surface area (Å²) in [7, 11) is 0. The molecule has 1 aliphatic heterocycles. The third-order valence-electron chi connectivity index (χ3n) is 3.74. The molecule has 3 nitrogen and oxygen atoms in total. The second-order valence-electron chi connectivity index (χ2n) is 5.05. The number of rotatable bonds is 5. The molecular weight excluding hydrogens is 280 g/mol. The van der Waals surface area contributed by atoms with E-state index in [4.69, 9.17) is 11.6 Å². The number of halogens is 1. The molecule has 2 unspecified atom stereocenters. The Bertz CT molecular complexity index is 416. The van der Waals surface area contributed by atoms with Gasteiger partial charge in [-0.25, -0.2) is 0 Å². The third-order valence-corrected chi connectivity index (χ3v) is 5.68. The van der Waals surface area contributed by atoms with Gasteiger partial charge in [-0.1, -0.05) is 24.9 Å². The van der Waals surface area contributed by atoms with E-state index in [2.05, 4.69) is 18.9 Å². The quantitative estimate of drug-likeness (QED) is 0.907. The van der Waals surface area contributed by atoms with Crippen molar-refractivity contribution in [3.05, 3.63) is 16.4 Å². The van der Waals surface area contributed by atoms with E-state index in [1.807, 2.05) is 16.4 Å². The molecule has 1 aliphatic rings. The van der Waals surface area contributed by atoms with Gasteiger partial charge in [0.25, 0.3) is 0 Å². The number of hydrogen-bond acceptors (Lipinski definition) is 3. The first-order chi connectivity index (χ1) is 9.17. The number of nitrogens with zero attached hydrogens (tertiary/aromatic N) is 2. The largest absolute Gasteiger partial charge is 0.392 e. The van der Waals surface area contributed by atoms with E-state index in [0.717, 1.165) is 35.8 Å². The molecule has 1 N–H and O–H groups in total. The maximum atomic E-state index is 10.4. The molecule has 19 heavy (non-hydrogen) atoms. The SMILES string of the molecule is CCc1nn(CC)c(CC(O)C2CCCCS2)c1Cl. The van der Waals surface area contributed by atoms with Crippen LogP contribution in [0.2, 0.25) is 5.02 Å². The third kappa shape index (κ3) is 3.47. The summed E-state index contributed by atoms with van der Waals surface area (Å²) in [4.78, 5) is 0. The Hall–Kier alpha value is -0.190. The number of hydrogen-bond donors (Lipinski definition) is 1. The van der Waals surface area contributed by atoms with Gasteiger partial charge in [-0.05, 0) is 31.9 Å². The fourth-order valence-corrected chi connectivity index (χ4v) is 4.28. The van der Waals surface area contributed by atoms with Crippen molar-refractivity contribution in [3.8, 4) is 0 Å². The molecule has 1 aromatic heterocycles. The standard InChI is InChI=1S/C14H23ClN2OS/c1-3-10-14(15)11(17(4-2)16-10)9-12(18)13-7-5-6-8-19-13/h12-13,18H,3-9H2,1-2H3. The second kappa shape index (κ2) is 7.00. The molecule has 0 saturated carbocycles. The molecular formula is C14H23ClN2OS. The van der Waals surface area contributed by atoms with Crippen molar-refractivity contribution < 1.29 is 5.11 Å². The molecule has 2 heterocycles. The van der Waals surface area contributed by atoms with Gasteiger partial charge < -0.3 is 5.11 Å². The van der Waals surface area contributed by atoms with Gasteiger partial charge in [0, 0.05) is 18.2 Å². The first-order valence-electron chi connectivity index (χ1n) is 7.21. The van der Waals surface area contributed by atoms with Gasteiger partial charge in [0.05, 0.1) is 22.5 Å². The summed E-state index contributed by atoms with van der Waals surface area (Å²) >= 11 is 8.29. The lowest BCUT2D eigenvalue weighted by Gasteiger charge is -2.26. The summed E-state index contributed by atoms with van der Waals surface area (Å²) in [6, 6.07) is 0. The van der Waals surface area contributed by atoms with Crippen LogP contribution in [-0.4, -0.2) is 32.0 Å². The molecule has 0 radical (unpaired) electrons. The number of aliphatic hydroxyl groups excluding tert-OH is 1. The van der Waals surface area contributed by atoms with Crippen LogP contribution < -0.4 is 0 Å². The Kier molecular flexibility index (Phi) is 5.60. The zero-order valence-corrected chi connectivity index (χ0v) is 13.3. The van der Waals surface area contributed by atoms with Crippen LogP contribution in [0.5, 0.6) is 0 Å². The topological polar surface area (TPSA) is 38.0 Å². The molecule has 0 amide bonds. The van der Waals surface area contributed by atoms with Crippen LogP contribution in [0, 0.1) is 0 Å². The summed E-state index contributed by atoms with van der Waals surface area (Å²) in [6.45, 7) is 4.93. The van der Waals surface area contributed by atoms with Gasteiger partial charge in [-0.15, -0.1) is 0 Å². The Labute approximate surface area is 124 Å². The Balaban J connectivity index is 2.10. The summed E-state index contributed by atoms with van der Waals surface area (Å²) in [5.41, 5.74) is 1.95. The highest BCUT2D eigenvalue weighted by molar-refractivity contribution is 8.00. The summed E-state index contributed by atoms with van der Waals surface area (Å²) < 4.78 is 1.94. The average Bonchev–Trinajstić information content (AvgIpc) is 2.76. The highest BCUT2D eigenvalue weighted by Crippen LogP contribution is 2.31. The highest BCUT2D eigenvalue weighted by atomic mass is 35.5. The molecule has 1 aromatic rings. The molecule has 1 fully saturated rings. The minimum atomic E-state index is -0.311. The molecule has 2 atom stereocenters. The first-order valence-corrected chi connectivity index (χ1v) is 8.63. The second-order valence-corrected chi connectivity index (χ2v) is 6.78. The maximum Gasteiger partial charge on any atom is 0.0850 e. The lowest BCUT2D eigenvalue weighted by atomic mass is 10.0. The van der Waals surface area contributed by atoms with Crippen LogP contribution >= 0.6 is 23.4 Å². The van der Waals surface area contributed by atoms with Gasteiger partial charge in [-0.2, -0.15) is 16.9 Å². The summed E-state index contributed by atoms with van der Waals surface area (Å²) in [6.07, 6.45) is 4.78. The molecule has 0 bridgehead atoms. The molecule has 108 valence electrons. The highest BCUT2D eigenvalue weighted by Gasteiger charge is 2.25. The van der Waals surface area contributed by atoms with Gasteiger partial charge in [0.15, 0.2) is 0 Å². The fourth-order valence-electron chi connectivity index (χ4n) is 2.61. The maximum absolute atomic E-state index is 10.4. The van der Waals surface area contributed by atoms with Crippen LogP contribution in [0.4, 0.5) is 0 Å². The minimum Gasteiger partial charge on any atom is -0.392 e. The molecule has 0 aliphatic carbocycles. The Morgan fingerprint density at radius 3 is 2.84 bits per heavy atom. The van der Waals surface area contributed by atoms with Crippen molar-refractivity contribution in [2.75, 3.05) is 5.75 Å². The van der Waals surface area contributed by atoms with E-state index in [1.54, 1.807) is 0 Å². The van der Waals surface area contributed by atoms with E-state index in [9.17, 15) is 5.11 Å². The zero-order valence-electron chi connectivity index (χ0n) is 11.7. The van der Waals surface area contributed by atoms with Crippen LogP contribution in [0.15, 0.2) is 0 Å². The molecule has 2 rings (SSSR count). The van der Waals surface area contributed by atoms with E-state index < -0.39 is 0 Å². The predicted molar refractivity (Wildman–Crippen MR) is 82.1 cm³/mol. The van der Waals surface area contributed by atoms with Crippen LogP contribution in [-0.2, 0) is 19.4 Å².